The topological polar surface area (TPSA) is 112 Å². The number of hydrogen-bond acceptors (Lipinski definition) is 4. The summed E-state index contributed by atoms with van der Waals surface area (Å²) >= 11 is 0. The molecule has 2 aromatic carbocycles. The molecular formula is C18H16N4O2. The minimum Gasteiger partial charge on any atom is -0.508 e. The molecule has 0 unspecified atom stereocenters. The van der Waals surface area contributed by atoms with Gasteiger partial charge in [0, 0.05) is 17.0 Å². The maximum absolute atomic E-state index is 12.4. The van der Waals surface area contributed by atoms with Gasteiger partial charge in [-0.15, -0.1) is 0 Å². The van der Waals surface area contributed by atoms with Crippen LogP contribution >= 0.6 is 0 Å². The van der Waals surface area contributed by atoms with E-state index in [9.17, 15) is 9.90 Å². The first-order valence-corrected chi connectivity index (χ1v) is 7.31. The normalized spacial score (nSPS) is 10.5. The van der Waals surface area contributed by atoms with Crippen molar-refractivity contribution in [3.63, 3.8) is 0 Å². The van der Waals surface area contributed by atoms with Crippen molar-refractivity contribution in [3.05, 3.63) is 59.7 Å². The number of aryl methyl sites for hydroxylation is 1. The third kappa shape index (κ3) is 2.89. The number of aromatic nitrogens is 1. The number of aromatic hydroxyl groups is 1. The minimum absolute atomic E-state index is 0.0647. The molecule has 0 radical (unpaired) electrons. The van der Waals surface area contributed by atoms with Crippen LogP contribution in [-0.4, -0.2) is 22.0 Å². The zero-order valence-electron chi connectivity index (χ0n) is 13.0. The molecule has 1 heterocycles. The molecule has 0 saturated carbocycles. The molecule has 0 aliphatic heterocycles. The predicted octanol–water partition coefficient (Wildman–Crippen LogP) is 2.54. The Balaban J connectivity index is 2.27. The van der Waals surface area contributed by atoms with Gasteiger partial charge in [-0.3, -0.25) is 15.5 Å². The van der Waals surface area contributed by atoms with E-state index >= 15 is 0 Å². The second-order valence-corrected chi connectivity index (χ2v) is 5.44. The van der Waals surface area contributed by atoms with Crippen molar-refractivity contribution < 1.29 is 9.90 Å². The van der Waals surface area contributed by atoms with E-state index in [0.29, 0.717) is 22.2 Å². The van der Waals surface area contributed by atoms with Crippen molar-refractivity contribution in [3.8, 4) is 17.0 Å². The van der Waals surface area contributed by atoms with Gasteiger partial charge in [0.1, 0.15) is 5.75 Å². The maximum Gasteiger partial charge on any atom is 0.258 e. The highest BCUT2D eigenvalue weighted by molar-refractivity contribution is 6.12. The molecule has 0 bridgehead atoms. The first-order chi connectivity index (χ1) is 11.5. The van der Waals surface area contributed by atoms with Crippen molar-refractivity contribution in [1.82, 2.24) is 10.3 Å². The van der Waals surface area contributed by atoms with E-state index in [1.165, 1.54) is 12.1 Å². The fourth-order valence-corrected chi connectivity index (χ4v) is 2.59. The molecule has 5 N–H and O–H groups in total. The number of carbonyl (C=O) groups excluding carboxylic acids is 1. The highest BCUT2D eigenvalue weighted by atomic mass is 16.3. The van der Waals surface area contributed by atoms with Gasteiger partial charge in [0.05, 0.1) is 16.8 Å². The summed E-state index contributed by atoms with van der Waals surface area (Å²) in [6, 6.07) is 14.0. The number of rotatable bonds is 2. The van der Waals surface area contributed by atoms with Crippen LogP contribution in [-0.2, 0) is 0 Å². The van der Waals surface area contributed by atoms with Crippen LogP contribution in [0.15, 0.2) is 48.5 Å². The van der Waals surface area contributed by atoms with E-state index in [4.69, 9.17) is 11.1 Å². The first-order valence-electron chi connectivity index (χ1n) is 7.31. The summed E-state index contributed by atoms with van der Waals surface area (Å²) in [7, 11) is 0. The molecule has 3 aromatic rings. The third-order valence-corrected chi connectivity index (χ3v) is 3.71. The largest absolute Gasteiger partial charge is 0.508 e. The van der Waals surface area contributed by atoms with Crippen molar-refractivity contribution in [2.45, 2.75) is 6.92 Å². The lowest BCUT2D eigenvalue weighted by Crippen LogP contribution is -2.35. The first kappa shape index (κ1) is 15.5. The third-order valence-electron chi connectivity index (χ3n) is 3.71. The second kappa shape index (κ2) is 6.00. The van der Waals surface area contributed by atoms with E-state index in [1.54, 1.807) is 12.1 Å². The van der Waals surface area contributed by atoms with Gasteiger partial charge in [0.15, 0.2) is 5.96 Å². The molecule has 3 rings (SSSR count). The number of pyridine rings is 1. The van der Waals surface area contributed by atoms with Crippen molar-refractivity contribution in [2.24, 2.45) is 5.73 Å². The number of nitrogens with two attached hydrogens (primary N) is 1. The summed E-state index contributed by atoms with van der Waals surface area (Å²) in [5.74, 6) is -0.855. The molecule has 1 amide bonds. The van der Waals surface area contributed by atoms with Crippen LogP contribution in [0.2, 0.25) is 0 Å². The Kier molecular flexibility index (Phi) is 3.87. The van der Waals surface area contributed by atoms with Crippen molar-refractivity contribution in [2.75, 3.05) is 0 Å². The number of carbonyl (C=O) groups is 1. The van der Waals surface area contributed by atoms with Crippen LogP contribution in [0.3, 0.4) is 0 Å². The zero-order valence-corrected chi connectivity index (χ0v) is 13.0. The van der Waals surface area contributed by atoms with Gasteiger partial charge in [0.2, 0.25) is 0 Å². The van der Waals surface area contributed by atoms with Gasteiger partial charge in [-0.25, -0.2) is 4.98 Å². The highest BCUT2D eigenvalue weighted by Gasteiger charge is 2.15. The SMILES string of the molecule is Cc1ccccc1-c1cc(C(=O)NC(=N)N)c2ccc(O)cc2n1. The quantitative estimate of drug-likeness (QED) is 0.429. The molecule has 6 nitrogen and oxygen atoms in total. The summed E-state index contributed by atoms with van der Waals surface area (Å²) in [5.41, 5.74) is 8.61. The number of fused-ring (bicyclic) bond motifs is 1. The summed E-state index contributed by atoms with van der Waals surface area (Å²) in [5, 5.41) is 19.8. The highest BCUT2D eigenvalue weighted by Crippen LogP contribution is 2.28. The number of amides is 1. The lowest BCUT2D eigenvalue weighted by Gasteiger charge is -2.11. The molecule has 0 aliphatic carbocycles. The molecule has 0 spiro atoms. The minimum atomic E-state index is -0.490. The van der Waals surface area contributed by atoms with E-state index in [1.807, 2.05) is 31.2 Å². The monoisotopic (exact) mass is 320 g/mol. The van der Waals surface area contributed by atoms with Crippen LogP contribution < -0.4 is 11.1 Å². The summed E-state index contributed by atoms with van der Waals surface area (Å²) < 4.78 is 0. The van der Waals surface area contributed by atoms with Crippen LogP contribution in [0.5, 0.6) is 5.75 Å². The average Bonchev–Trinajstić information content (AvgIpc) is 2.53. The Morgan fingerprint density at radius 2 is 1.96 bits per heavy atom. The molecule has 1 aromatic heterocycles. The number of nitrogens with one attached hydrogen (secondary N) is 2. The summed E-state index contributed by atoms with van der Waals surface area (Å²) in [4.78, 5) is 17.0. The van der Waals surface area contributed by atoms with Gasteiger partial charge < -0.3 is 10.8 Å². The van der Waals surface area contributed by atoms with Crippen LogP contribution in [0, 0.1) is 12.3 Å². The standard InChI is InChI=1S/C18H16N4O2/c1-10-4-2-3-5-12(10)16-9-14(17(24)22-18(19)20)13-7-6-11(23)8-15(13)21-16/h2-9,23H,1H3,(H4,19,20,22,24). The number of nitrogens with zero attached hydrogens (tertiary/aromatic N) is 1. The Morgan fingerprint density at radius 1 is 1.21 bits per heavy atom. The van der Waals surface area contributed by atoms with E-state index in [0.717, 1.165) is 11.1 Å². The van der Waals surface area contributed by atoms with E-state index in [-0.39, 0.29) is 5.75 Å². The Morgan fingerprint density at radius 3 is 2.67 bits per heavy atom. The average molecular weight is 320 g/mol. The lowest BCUT2D eigenvalue weighted by atomic mass is 10.0. The number of hydrogen-bond donors (Lipinski definition) is 4. The Bertz CT molecular complexity index is 966. The molecule has 120 valence electrons. The molecule has 0 fully saturated rings. The fraction of sp³-hybridized carbons (Fsp3) is 0.0556. The van der Waals surface area contributed by atoms with E-state index in [2.05, 4.69) is 10.3 Å². The molecule has 0 saturated heterocycles. The maximum atomic E-state index is 12.4. The fourth-order valence-electron chi connectivity index (χ4n) is 2.59. The van der Waals surface area contributed by atoms with Crippen LogP contribution in [0.4, 0.5) is 0 Å². The molecular weight excluding hydrogens is 304 g/mol. The predicted molar refractivity (Wildman–Crippen MR) is 93.0 cm³/mol. The van der Waals surface area contributed by atoms with Crippen molar-refractivity contribution >= 4 is 22.8 Å². The van der Waals surface area contributed by atoms with Gasteiger partial charge >= 0.3 is 0 Å². The molecule has 6 heteroatoms. The zero-order chi connectivity index (χ0) is 17.3. The lowest BCUT2D eigenvalue weighted by molar-refractivity contribution is 0.0978. The number of benzene rings is 2. The number of phenols is 1. The van der Waals surface area contributed by atoms with E-state index < -0.39 is 11.9 Å². The van der Waals surface area contributed by atoms with Crippen LogP contribution in [0.25, 0.3) is 22.2 Å². The van der Waals surface area contributed by atoms with Crippen molar-refractivity contribution in [1.29, 1.82) is 5.41 Å². The van der Waals surface area contributed by atoms with Gasteiger partial charge in [0.25, 0.3) is 5.91 Å². The summed E-state index contributed by atoms with van der Waals surface area (Å²) in [6.07, 6.45) is 0. The van der Waals surface area contributed by atoms with Gasteiger partial charge in [-0.2, -0.15) is 0 Å². The van der Waals surface area contributed by atoms with Crippen LogP contribution in [0.1, 0.15) is 15.9 Å². The van der Waals surface area contributed by atoms with Gasteiger partial charge in [-0.1, -0.05) is 24.3 Å². The Hall–Kier alpha value is -3.41. The molecule has 24 heavy (non-hydrogen) atoms. The molecule has 0 atom stereocenters. The molecule has 0 aliphatic rings. The summed E-state index contributed by atoms with van der Waals surface area (Å²) in [6.45, 7) is 1.96. The smallest absolute Gasteiger partial charge is 0.258 e. The second-order valence-electron chi connectivity index (χ2n) is 5.44. The number of guanidine groups is 1. The van der Waals surface area contributed by atoms with Gasteiger partial charge in [-0.05, 0) is 30.7 Å². The Labute approximate surface area is 138 Å². The number of phenolic OH excluding ortho intramolecular Hbond substituents is 1.